The third kappa shape index (κ3) is 3.42. The lowest BCUT2D eigenvalue weighted by molar-refractivity contribution is -0.144. The van der Waals surface area contributed by atoms with E-state index in [2.05, 4.69) is 16.6 Å². The maximum absolute atomic E-state index is 11.2. The minimum atomic E-state index is -0.285. The van der Waals surface area contributed by atoms with E-state index < -0.39 is 0 Å². The van der Waals surface area contributed by atoms with Gasteiger partial charge in [0.2, 0.25) is 0 Å². The summed E-state index contributed by atoms with van der Waals surface area (Å²) < 4.78 is 4.63. The van der Waals surface area contributed by atoms with Crippen molar-refractivity contribution in [2.45, 2.75) is 26.8 Å². The third-order valence-corrected chi connectivity index (χ3v) is 1.52. The molecular formula is C9H17NO2. The average Bonchev–Trinajstić information content (AvgIpc) is 1.98. The zero-order valence-corrected chi connectivity index (χ0v) is 8.18. The van der Waals surface area contributed by atoms with Crippen molar-refractivity contribution in [3.05, 3.63) is 12.3 Å². The molecule has 0 aromatic carbocycles. The highest BCUT2D eigenvalue weighted by molar-refractivity contribution is 5.76. The standard InChI is InChI=1S/C9H17NO2/c1-6(2)8(9(11)12-5)10-7(3)4/h6,8,10H,3H2,1-2,4-5H3. The Morgan fingerprint density at radius 3 is 2.25 bits per heavy atom. The second-order valence-electron chi connectivity index (χ2n) is 3.17. The lowest BCUT2D eigenvalue weighted by Crippen LogP contribution is -2.40. The first-order valence-electron chi connectivity index (χ1n) is 3.99. The third-order valence-electron chi connectivity index (χ3n) is 1.52. The zero-order valence-electron chi connectivity index (χ0n) is 8.18. The lowest BCUT2D eigenvalue weighted by Gasteiger charge is -2.20. The second-order valence-corrected chi connectivity index (χ2v) is 3.17. The number of carbonyl (C=O) groups is 1. The van der Waals surface area contributed by atoms with Crippen molar-refractivity contribution in [2.75, 3.05) is 7.11 Å². The van der Waals surface area contributed by atoms with Crippen molar-refractivity contribution < 1.29 is 9.53 Å². The van der Waals surface area contributed by atoms with Crippen LogP contribution in [0.5, 0.6) is 0 Å². The van der Waals surface area contributed by atoms with E-state index in [1.165, 1.54) is 7.11 Å². The normalized spacial score (nSPS) is 12.4. The van der Waals surface area contributed by atoms with Gasteiger partial charge >= 0.3 is 5.97 Å². The largest absolute Gasteiger partial charge is 0.467 e. The summed E-state index contributed by atoms with van der Waals surface area (Å²) in [6, 6.07) is -0.285. The maximum atomic E-state index is 11.2. The number of carbonyl (C=O) groups excluding carboxylic acids is 1. The summed E-state index contributed by atoms with van der Waals surface area (Å²) >= 11 is 0. The van der Waals surface area contributed by atoms with Crippen molar-refractivity contribution in [1.29, 1.82) is 0 Å². The van der Waals surface area contributed by atoms with Crippen molar-refractivity contribution in [3.8, 4) is 0 Å². The summed E-state index contributed by atoms with van der Waals surface area (Å²) in [6.45, 7) is 9.40. The van der Waals surface area contributed by atoms with E-state index in [9.17, 15) is 4.79 Å². The summed E-state index contributed by atoms with van der Waals surface area (Å²) in [5, 5.41) is 2.96. The van der Waals surface area contributed by atoms with Gasteiger partial charge in [-0.25, -0.2) is 4.79 Å². The Morgan fingerprint density at radius 1 is 1.50 bits per heavy atom. The quantitative estimate of drug-likeness (QED) is 0.648. The number of esters is 1. The molecule has 0 bridgehead atoms. The van der Waals surface area contributed by atoms with E-state index in [-0.39, 0.29) is 17.9 Å². The molecule has 0 saturated heterocycles. The highest BCUT2D eigenvalue weighted by Crippen LogP contribution is 2.04. The Bertz CT molecular complexity index is 175. The predicted octanol–water partition coefficient (Wildman–Crippen LogP) is 1.31. The van der Waals surface area contributed by atoms with Gasteiger partial charge < -0.3 is 10.1 Å². The van der Waals surface area contributed by atoms with E-state index in [0.717, 1.165) is 5.70 Å². The molecule has 3 nitrogen and oxygen atoms in total. The molecule has 70 valence electrons. The molecule has 12 heavy (non-hydrogen) atoms. The molecule has 1 N–H and O–H groups in total. The zero-order chi connectivity index (χ0) is 9.72. The first kappa shape index (κ1) is 11.0. The van der Waals surface area contributed by atoms with Crippen LogP contribution in [0.15, 0.2) is 12.3 Å². The summed E-state index contributed by atoms with van der Waals surface area (Å²) in [7, 11) is 1.39. The van der Waals surface area contributed by atoms with Gasteiger partial charge in [-0.15, -0.1) is 0 Å². The smallest absolute Gasteiger partial charge is 0.328 e. The van der Waals surface area contributed by atoms with Crippen LogP contribution < -0.4 is 5.32 Å². The van der Waals surface area contributed by atoms with Crippen molar-refractivity contribution in [1.82, 2.24) is 5.32 Å². The molecule has 0 spiro atoms. The minimum absolute atomic E-state index is 0.203. The molecule has 0 aliphatic carbocycles. The van der Waals surface area contributed by atoms with Crippen LogP contribution in [-0.2, 0) is 9.53 Å². The van der Waals surface area contributed by atoms with Gasteiger partial charge in [0.05, 0.1) is 7.11 Å². The van der Waals surface area contributed by atoms with E-state index in [1.807, 2.05) is 20.8 Å². The predicted molar refractivity (Wildman–Crippen MR) is 48.6 cm³/mol. The van der Waals surface area contributed by atoms with E-state index >= 15 is 0 Å². The van der Waals surface area contributed by atoms with Crippen molar-refractivity contribution in [2.24, 2.45) is 5.92 Å². The summed E-state index contributed by atoms with van der Waals surface area (Å²) in [5.74, 6) is -0.0397. The minimum Gasteiger partial charge on any atom is -0.467 e. The first-order chi connectivity index (χ1) is 5.49. The Morgan fingerprint density at radius 2 is 2.00 bits per heavy atom. The number of rotatable bonds is 4. The molecule has 3 heteroatoms. The second kappa shape index (κ2) is 4.80. The molecular weight excluding hydrogens is 154 g/mol. The van der Waals surface area contributed by atoms with Crippen LogP contribution in [0.2, 0.25) is 0 Å². The van der Waals surface area contributed by atoms with E-state index in [4.69, 9.17) is 0 Å². The summed E-state index contributed by atoms with van der Waals surface area (Å²) in [5.41, 5.74) is 0.777. The van der Waals surface area contributed by atoms with Gasteiger partial charge in [-0.05, 0) is 12.8 Å². The van der Waals surface area contributed by atoms with Crippen LogP contribution in [-0.4, -0.2) is 19.1 Å². The number of allylic oxidation sites excluding steroid dienone is 1. The molecule has 0 aromatic rings. The summed E-state index contributed by atoms with van der Waals surface area (Å²) in [6.07, 6.45) is 0. The van der Waals surface area contributed by atoms with E-state index in [1.54, 1.807) is 0 Å². The van der Waals surface area contributed by atoms with Crippen LogP contribution in [0.4, 0.5) is 0 Å². The molecule has 0 aromatic heterocycles. The van der Waals surface area contributed by atoms with Crippen LogP contribution in [0, 0.1) is 5.92 Å². The van der Waals surface area contributed by atoms with E-state index in [0.29, 0.717) is 0 Å². The topological polar surface area (TPSA) is 38.3 Å². The number of hydrogen-bond donors (Lipinski definition) is 1. The fraction of sp³-hybridized carbons (Fsp3) is 0.667. The molecule has 0 aliphatic heterocycles. The van der Waals surface area contributed by atoms with Gasteiger partial charge in [-0.3, -0.25) is 0 Å². The van der Waals surface area contributed by atoms with Crippen molar-refractivity contribution in [3.63, 3.8) is 0 Å². The number of nitrogens with one attached hydrogen (secondary N) is 1. The van der Waals surface area contributed by atoms with Gasteiger partial charge in [0.15, 0.2) is 0 Å². The van der Waals surface area contributed by atoms with Gasteiger partial charge in [0.1, 0.15) is 6.04 Å². The highest BCUT2D eigenvalue weighted by atomic mass is 16.5. The highest BCUT2D eigenvalue weighted by Gasteiger charge is 2.21. The van der Waals surface area contributed by atoms with Crippen LogP contribution in [0.3, 0.4) is 0 Å². The number of methoxy groups -OCH3 is 1. The Labute approximate surface area is 73.8 Å². The Kier molecular flexibility index (Phi) is 4.40. The van der Waals surface area contributed by atoms with Crippen molar-refractivity contribution >= 4 is 5.97 Å². The molecule has 1 unspecified atom stereocenters. The fourth-order valence-corrected chi connectivity index (χ4v) is 0.890. The maximum Gasteiger partial charge on any atom is 0.328 e. The molecule has 0 saturated carbocycles. The van der Waals surface area contributed by atoms with Gasteiger partial charge in [-0.1, -0.05) is 20.4 Å². The molecule has 0 aliphatic rings. The molecule has 0 amide bonds. The Hall–Kier alpha value is -0.990. The van der Waals surface area contributed by atoms with Crippen LogP contribution >= 0.6 is 0 Å². The summed E-state index contributed by atoms with van der Waals surface area (Å²) in [4.78, 5) is 11.2. The SMILES string of the molecule is C=C(C)NC(C(=O)OC)C(C)C. The Balaban J connectivity index is 4.23. The molecule has 0 fully saturated rings. The molecule has 1 atom stereocenters. The monoisotopic (exact) mass is 171 g/mol. The van der Waals surface area contributed by atoms with Crippen LogP contribution in [0.25, 0.3) is 0 Å². The number of ether oxygens (including phenoxy) is 1. The lowest BCUT2D eigenvalue weighted by atomic mass is 10.0. The average molecular weight is 171 g/mol. The van der Waals surface area contributed by atoms with Gasteiger partial charge in [0.25, 0.3) is 0 Å². The fourth-order valence-electron chi connectivity index (χ4n) is 0.890. The van der Waals surface area contributed by atoms with Crippen LogP contribution in [0.1, 0.15) is 20.8 Å². The molecule has 0 rings (SSSR count). The molecule has 0 heterocycles. The van der Waals surface area contributed by atoms with Gasteiger partial charge in [0, 0.05) is 5.70 Å². The molecule has 0 radical (unpaired) electrons. The number of hydrogen-bond acceptors (Lipinski definition) is 3. The first-order valence-corrected chi connectivity index (χ1v) is 3.99. The van der Waals surface area contributed by atoms with Gasteiger partial charge in [-0.2, -0.15) is 0 Å².